The number of hydrogen-bond donors (Lipinski definition) is 7. The van der Waals surface area contributed by atoms with Gasteiger partial charge < -0.3 is 45.2 Å². The number of benzene rings is 6. The molecule has 0 bridgehead atoms. The predicted molar refractivity (Wildman–Crippen MR) is 190 cm³/mol. The summed E-state index contributed by atoms with van der Waals surface area (Å²) in [6.07, 6.45) is 2.33. The standard InChI is InChI=1S/C42H32O9/c43-28-9-3-22(4-10-28)1-2-23-15-33(48)39-35(16-23)50-42(25-7-13-30(45)14-8-25)38(39)27-19-34(49)40-36(20-27)51-41(24-5-11-29(44)12-6-24)37(40)26-17-31(46)21-32(47)18-26/h1-21,37-38,41-49H/t37-,38-,41+,42-/m1/s1. The number of aromatic hydroxyl groups is 7. The lowest BCUT2D eigenvalue weighted by atomic mass is 9.81. The Kier molecular flexibility index (Phi) is 7.60. The van der Waals surface area contributed by atoms with Crippen molar-refractivity contribution in [2.45, 2.75) is 24.0 Å². The van der Waals surface area contributed by atoms with Crippen LogP contribution in [0.25, 0.3) is 12.2 Å². The molecule has 0 aliphatic carbocycles. The quantitative estimate of drug-likeness (QED) is 0.0858. The van der Waals surface area contributed by atoms with Crippen LogP contribution in [0.2, 0.25) is 0 Å². The number of rotatable bonds is 6. The van der Waals surface area contributed by atoms with Crippen molar-refractivity contribution in [3.63, 3.8) is 0 Å². The summed E-state index contributed by atoms with van der Waals surface area (Å²) in [5.74, 6) is -0.540. The summed E-state index contributed by atoms with van der Waals surface area (Å²) < 4.78 is 13.1. The summed E-state index contributed by atoms with van der Waals surface area (Å²) in [7, 11) is 0. The molecule has 2 aliphatic rings. The molecule has 9 nitrogen and oxygen atoms in total. The van der Waals surface area contributed by atoms with E-state index in [4.69, 9.17) is 9.47 Å². The highest BCUT2D eigenvalue weighted by molar-refractivity contribution is 5.73. The molecule has 2 aliphatic heterocycles. The molecule has 6 aromatic rings. The molecule has 0 unspecified atom stereocenters. The molecule has 2 heterocycles. The van der Waals surface area contributed by atoms with Crippen LogP contribution < -0.4 is 9.47 Å². The molecule has 0 amide bonds. The van der Waals surface area contributed by atoms with E-state index in [-0.39, 0.29) is 40.2 Å². The Bertz CT molecular complexity index is 2270. The van der Waals surface area contributed by atoms with E-state index < -0.39 is 24.0 Å². The maximum atomic E-state index is 11.8. The Labute approximate surface area is 292 Å². The number of ether oxygens (including phenoxy) is 2. The van der Waals surface area contributed by atoms with Gasteiger partial charge in [0.05, 0.1) is 11.8 Å². The number of fused-ring (bicyclic) bond motifs is 2. The van der Waals surface area contributed by atoms with Crippen LogP contribution >= 0.6 is 0 Å². The van der Waals surface area contributed by atoms with E-state index >= 15 is 0 Å². The second-order valence-corrected chi connectivity index (χ2v) is 12.8. The van der Waals surface area contributed by atoms with Crippen molar-refractivity contribution in [1.82, 2.24) is 0 Å². The van der Waals surface area contributed by atoms with Gasteiger partial charge in [-0.15, -0.1) is 0 Å². The van der Waals surface area contributed by atoms with Crippen LogP contribution in [-0.4, -0.2) is 35.7 Å². The van der Waals surface area contributed by atoms with Gasteiger partial charge in [0.15, 0.2) is 0 Å². The normalized spacial score (nSPS) is 19.0. The average Bonchev–Trinajstić information content (AvgIpc) is 3.68. The van der Waals surface area contributed by atoms with Gasteiger partial charge in [0.2, 0.25) is 0 Å². The molecule has 9 heteroatoms. The van der Waals surface area contributed by atoms with Crippen LogP contribution in [0.4, 0.5) is 0 Å². The van der Waals surface area contributed by atoms with Crippen LogP contribution in [0.1, 0.15) is 68.6 Å². The maximum absolute atomic E-state index is 11.8. The average molecular weight is 681 g/mol. The van der Waals surface area contributed by atoms with Gasteiger partial charge in [0, 0.05) is 17.2 Å². The Morgan fingerprint density at radius 2 is 0.804 bits per heavy atom. The van der Waals surface area contributed by atoms with Gasteiger partial charge in [0.1, 0.15) is 64.0 Å². The largest absolute Gasteiger partial charge is 0.508 e. The van der Waals surface area contributed by atoms with E-state index in [1.165, 1.54) is 30.3 Å². The molecule has 7 N–H and O–H groups in total. The van der Waals surface area contributed by atoms with Gasteiger partial charge in [-0.1, -0.05) is 48.6 Å². The van der Waals surface area contributed by atoms with Crippen molar-refractivity contribution in [3.05, 3.63) is 160 Å². The van der Waals surface area contributed by atoms with E-state index in [2.05, 4.69) is 0 Å². The molecule has 8 rings (SSSR count). The highest BCUT2D eigenvalue weighted by Gasteiger charge is 2.43. The minimum absolute atomic E-state index is 0.0138. The van der Waals surface area contributed by atoms with Crippen molar-refractivity contribution in [2.75, 3.05) is 0 Å². The van der Waals surface area contributed by atoms with Crippen LogP contribution in [0.5, 0.6) is 51.7 Å². The molecule has 0 spiro atoms. The first-order chi connectivity index (χ1) is 24.6. The lowest BCUT2D eigenvalue weighted by Crippen LogP contribution is -2.11. The fraction of sp³-hybridized carbons (Fsp3) is 0.0952. The van der Waals surface area contributed by atoms with Crippen molar-refractivity contribution in [3.8, 4) is 51.7 Å². The predicted octanol–water partition coefficient (Wildman–Crippen LogP) is 8.33. The fourth-order valence-electron chi connectivity index (χ4n) is 7.18. The Hall–Kier alpha value is -6.74. The van der Waals surface area contributed by atoms with Crippen molar-refractivity contribution in [1.29, 1.82) is 0 Å². The fourth-order valence-corrected chi connectivity index (χ4v) is 7.18. The lowest BCUT2D eigenvalue weighted by molar-refractivity contribution is 0.218. The molecule has 0 aromatic heterocycles. The van der Waals surface area contributed by atoms with Crippen molar-refractivity contribution in [2.24, 2.45) is 0 Å². The Balaban J connectivity index is 1.24. The Morgan fingerprint density at radius 1 is 0.373 bits per heavy atom. The zero-order valence-electron chi connectivity index (χ0n) is 26.9. The molecule has 0 saturated heterocycles. The highest BCUT2D eigenvalue weighted by atomic mass is 16.5. The zero-order chi connectivity index (χ0) is 35.4. The Morgan fingerprint density at radius 3 is 1.33 bits per heavy atom. The van der Waals surface area contributed by atoms with E-state index in [0.29, 0.717) is 44.9 Å². The monoisotopic (exact) mass is 680 g/mol. The molecule has 51 heavy (non-hydrogen) atoms. The second-order valence-electron chi connectivity index (χ2n) is 12.8. The summed E-state index contributed by atoms with van der Waals surface area (Å²) in [5, 5.41) is 73.8. The second kappa shape index (κ2) is 12.3. The number of phenolic OH excluding ortho intramolecular Hbond substituents is 7. The molecular formula is C42H32O9. The third-order valence-electron chi connectivity index (χ3n) is 9.47. The minimum Gasteiger partial charge on any atom is -0.508 e. The van der Waals surface area contributed by atoms with Crippen LogP contribution in [0, 0.1) is 0 Å². The topological polar surface area (TPSA) is 160 Å². The van der Waals surface area contributed by atoms with Gasteiger partial charge >= 0.3 is 0 Å². The van der Waals surface area contributed by atoms with Crippen LogP contribution in [-0.2, 0) is 0 Å². The highest BCUT2D eigenvalue weighted by Crippen LogP contribution is 2.58. The molecule has 0 saturated carbocycles. The summed E-state index contributed by atoms with van der Waals surface area (Å²) in [5.41, 5.74) is 5.01. The molecule has 254 valence electrons. The summed E-state index contributed by atoms with van der Waals surface area (Å²) in [6, 6.07) is 31.0. The third-order valence-corrected chi connectivity index (χ3v) is 9.47. The molecule has 4 atom stereocenters. The summed E-state index contributed by atoms with van der Waals surface area (Å²) in [6.45, 7) is 0. The van der Waals surface area contributed by atoms with Crippen molar-refractivity contribution < 1.29 is 45.2 Å². The zero-order valence-corrected chi connectivity index (χ0v) is 26.9. The number of hydrogen-bond acceptors (Lipinski definition) is 9. The van der Waals surface area contributed by atoms with E-state index in [1.54, 1.807) is 78.9 Å². The molecule has 0 radical (unpaired) electrons. The first kappa shape index (κ1) is 31.5. The van der Waals surface area contributed by atoms with Gasteiger partial charge in [-0.2, -0.15) is 0 Å². The first-order valence-electron chi connectivity index (χ1n) is 16.3. The van der Waals surface area contributed by atoms with Gasteiger partial charge in [-0.05, 0) is 106 Å². The first-order valence-corrected chi connectivity index (χ1v) is 16.3. The maximum Gasteiger partial charge on any atom is 0.135 e. The third kappa shape index (κ3) is 5.84. The van der Waals surface area contributed by atoms with E-state index in [0.717, 1.165) is 11.1 Å². The molecular weight excluding hydrogens is 648 g/mol. The van der Waals surface area contributed by atoms with E-state index in [1.807, 2.05) is 18.2 Å². The van der Waals surface area contributed by atoms with Gasteiger partial charge in [-0.3, -0.25) is 0 Å². The SMILES string of the molecule is Oc1ccc(C=Cc2cc(O)c3c(c2)O[C@H](c2ccc(O)cc2)[C@@H]3c2cc(O)c3c(c2)O[C@@H](c2ccc(O)cc2)[C@@H]3c2cc(O)cc(O)c2)cc1. The molecule has 6 aromatic carbocycles. The molecule has 0 fully saturated rings. The van der Waals surface area contributed by atoms with Gasteiger partial charge in [0.25, 0.3) is 0 Å². The smallest absolute Gasteiger partial charge is 0.135 e. The summed E-state index contributed by atoms with van der Waals surface area (Å²) in [4.78, 5) is 0. The van der Waals surface area contributed by atoms with Crippen LogP contribution in [0.15, 0.2) is 115 Å². The van der Waals surface area contributed by atoms with E-state index in [9.17, 15) is 35.7 Å². The summed E-state index contributed by atoms with van der Waals surface area (Å²) >= 11 is 0. The van der Waals surface area contributed by atoms with Crippen LogP contribution in [0.3, 0.4) is 0 Å². The lowest BCUT2D eigenvalue weighted by Gasteiger charge is -2.22. The van der Waals surface area contributed by atoms with Gasteiger partial charge in [-0.25, -0.2) is 0 Å². The van der Waals surface area contributed by atoms with Crippen molar-refractivity contribution >= 4 is 12.2 Å². The minimum atomic E-state index is -0.695. The number of phenols is 7.